The number of aryl methyl sites for hydroxylation is 1. The van der Waals surface area contributed by atoms with Crippen molar-refractivity contribution in [3.8, 4) is 11.6 Å². The van der Waals surface area contributed by atoms with Crippen molar-refractivity contribution in [2.24, 2.45) is 7.05 Å². The van der Waals surface area contributed by atoms with Gasteiger partial charge in [0.25, 0.3) is 0 Å². The summed E-state index contributed by atoms with van der Waals surface area (Å²) in [4.78, 5) is 0. The smallest absolute Gasteiger partial charge is 0.420 e. The monoisotopic (exact) mass is 309 g/mol. The number of nitrogens with zero attached hydrogens (tertiary/aromatic N) is 2. The predicted molar refractivity (Wildman–Crippen MR) is 58.6 cm³/mol. The minimum Gasteiger partial charge on any atom is -0.439 e. The molecule has 0 saturated heterocycles. The molecule has 0 aliphatic heterocycles. The Hall–Kier alpha value is -2.19. The molecule has 1 aromatic carbocycles. The lowest BCUT2D eigenvalue weighted by Crippen LogP contribution is -2.12. The molecule has 21 heavy (non-hydrogen) atoms. The summed E-state index contributed by atoms with van der Waals surface area (Å²) in [6.07, 6.45) is -7.52. The maximum absolute atomic E-state index is 12.9. The van der Waals surface area contributed by atoms with Crippen molar-refractivity contribution >= 4 is 0 Å². The van der Waals surface area contributed by atoms with Crippen molar-refractivity contribution in [3.05, 3.63) is 41.6 Å². The van der Waals surface area contributed by atoms with Crippen LogP contribution in [0.4, 0.5) is 26.3 Å². The van der Waals surface area contributed by atoms with Crippen LogP contribution in [-0.2, 0) is 19.4 Å². The first-order chi connectivity index (χ1) is 9.59. The zero-order chi connectivity index (χ0) is 15.8. The first-order valence-electron chi connectivity index (χ1n) is 5.45. The summed E-state index contributed by atoms with van der Waals surface area (Å²) in [6.45, 7) is 0. The maximum atomic E-state index is 12.9. The van der Waals surface area contributed by atoms with E-state index in [0.29, 0.717) is 12.1 Å². The second-order valence-electron chi connectivity index (χ2n) is 4.04. The van der Waals surface area contributed by atoms with Gasteiger partial charge in [-0.1, -0.05) is 0 Å². The molecule has 9 heteroatoms. The highest BCUT2D eigenvalue weighted by Gasteiger charge is 2.39. The van der Waals surface area contributed by atoms with E-state index in [2.05, 4.69) is 11.3 Å². The van der Waals surface area contributed by atoms with E-state index < -0.39 is 29.2 Å². The standard InChI is InChI=1S/C12H7F6N2O/c1-20-10(4-5-19-20)21-9-3-2-7(11(13,14)15)6-8(9)12(16,17)18/h2-4,6H,1H3. The van der Waals surface area contributed by atoms with Gasteiger partial charge in [-0.3, -0.25) is 0 Å². The number of aromatic nitrogens is 2. The van der Waals surface area contributed by atoms with Gasteiger partial charge in [-0.25, -0.2) is 4.68 Å². The molecular formula is C12H7F6N2O. The Balaban J connectivity index is 2.48. The van der Waals surface area contributed by atoms with Gasteiger partial charge in [-0.05, 0) is 18.2 Å². The van der Waals surface area contributed by atoms with Crippen LogP contribution < -0.4 is 4.74 Å². The van der Waals surface area contributed by atoms with E-state index in [4.69, 9.17) is 4.74 Å². The molecule has 0 N–H and O–H groups in total. The van der Waals surface area contributed by atoms with Crippen LogP contribution >= 0.6 is 0 Å². The van der Waals surface area contributed by atoms with Gasteiger partial charge >= 0.3 is 12.4 Å². The summed E-state index contributed by atoms with van der Waals surface area (Å²) in [5.74, 6) is -0.826. The number of benzene rings is 1. The van der Waals surface area contributed by atoms with Crippen LogP contribution in [0, 0.1) is 6.20 Å². The average molecular weight is 309 g/mol. The van der Waals surface area contributed by atoms with Crippen LogP contribution in [0.5, 0.6) is 11.6 Å². The van der Waals surface area contributed by atoms with Gasteiger partial charge < -0.3 is 4.74 Å². The minimum absolute atomic E-state index is 0.00934. The molecule has 0 saturated carbocycles. The van der Waals surface area contributed by atoms with Crippen molar-refractivity contribution in [2.75, 3.05) is 0 Å². The molecule has 3 nitrogen and oxygen atoms in total. The minimum atomic E-state index is -4.99. The Morgan fingerprint density at radius 2 is 1.76 bits per heavy atom. The second kappa shape index (κ2) is 4.97. The van der Waals surface area contributed by atoms with Gasteiger partial charge in [-0.15, -0.1) is 0 Å². The highest BCUT2D eigenvalue weighted by molar-refractivity contribution is 5.42. The van der Waals surface area contributed by atoms with Crippen molar-refractivity contribution in [2.45, 2.75) is 12.4 Å². The molecule has 0 fully saturated rings. The first-order valence-corrected chi connectivity index (χ1v) is 5.45. The second-order valence-corrected chi connectivity index (χ2v) is 4.04. The van der Waals surface area contributed by atoms with Gasteiger partial charge in [0.15, 0.2) is 0 Å². The Morgan fingerprint density at radius 1 is 1.10 bits per heavy atom. The van der Waals surface area contributed by atoms with Crippen LogP contribution in [0.3, 0.4) is 0 Å². The van der Waals surface area contributed by atoms with E-state index in [1.54, 1.807) is 0 Å². The van der Waals surface area contributed by atoms with E-state index in [1.807, 2.05) is 0 Å². The molecule has 0 aliphatic rings. The fourth-order valence-corrected chi connectivity index (χ4v) is 1.54. The topological polar surface area (TPSA) is 27.1 Å². The molecule has 0 unspecified atom stereocenters. The summed E-state index contributed by atoms with van der Waals surface area (Å²) in [5, 5.41) is 3.57. The molecule has 113 valence electrons. The summed E-state index contributed by atoms with van der Waals surface area (Å²) < 4.78 is 82.2. The third kappa shape index (κ3) is 3.29. The SMILES string of the molecule is Cn1n[c]cc1Oc1ccc(C(F)(F)F)cc1C(F)(F)F. The quantitative estimate of drug-likeness (QED) is 0.783. The third-order valence-corrected chi connectivity index (χ3v) is 2.54. The average Bonchev–Trinajstić information content (AvgIpc) is 2.73. The molecule has 1 radical (unpaired) electrons. The number of hydrogen-bond donors (Lipinski definition) is 0. The fourth-order valence-electron chi connectivity index (χ4n) is 1.54. The first kappa shape index (κ1) is 15.2. The maximum Gasteiger partial charge on any atom is 0.420 e. The molecule has 0 atom stereocenters. The number of hydrogen-bond acceptors (Lipinski definition) is 2. The molecule has 0 spiro atoms. The fraction of sp³-hybridized carbons (Fsp3) is 0.250. The van der Waals surface area contributed by atoms with E-state index in [9.17, 15) is 26.3 Å². The lowest BCUT2D eigenvalue weighted by Gasteiger charge is -2.16. The molecule has 0 amide bonds. The van der Waals surface area contributed by atoms with Crippen LogP contribution in [0.2, 0.25) is 0 Å². The van der Waals surface area contributed by atoms with Crippen molar-refractivity contribution in [3.63, 3.8) is 0 Å². The molecule has 0 aliphatic carbocycles. The summed E-state index contributed by atoms with van der Waals surface area (Å²) in [7, 11) is 1.39. The van der Waals surface area contributed by atoms with Crippen LogP contribution in [0.25, 0.3) is 0 Å². The highest BCUT2D eigenvalue weighted by Crippen LogP contribution is 2.41. The van der Waals surface area contributed by atoms with Crippen LogP contribution in [0.1, 0.15) is 11.1 Å². The Bertz CT molecular complexity index is 644. The highest BCUT2D eigenvalue weighted by atomic mass is 19.4. The summed E-state index contributed by atoms with van der Waals surface area (Å²) in [6, 6.07) is 2.32. The third-order valence-electron chi connectivity index (χ3n) is 2.54. The van der Waals surface area contributed by atoms with Gasteiger partial charge in [0.05, 0.1) is 11.1 Å². The lowest BCUT2D eigenvalue weighted by molar-refractivity contribution is -0.143. The Morgan fingerprint density at radius 3 is 2.24 bits per heavy atom. The molecule has 1 heterocycles. The van der Waals surface area contributed by atoms with Crippen molar-refractivity contribution in [1.29, 1.82) is 0 Å². The number of rotatable bonds is 2. The van der Waals surface area contributed by atoms with Crippen molar-refractivity contribution in [1.82, 2.24) is 9.78 Å². The van der Waals surface area contributed by atoms with E-state index in [0.717, 1.165) is 10.7 Å². The number of halogens is 6. The lowest BCUT2D eigenvalue weighted by atomic mass is 10.1. The normalized spacial score (nSPS) is 12.5. The summed E-state index contributed by atoms with van der Waals surface area (Å²) in [5.41, 5.74) is -2.92. The number of ether oxygens (including phenoxy) is 1. The summed E-state index contributed by atoms with van der Waals surface area (Å²) >= 11 is 0. The Kier molecular flexibility index (Phi) is 3.60. The van der Waals surface area contributed by atoms with E-state index >= 15 is 0 Å². The molecule has 2 rings (SSSR count). The molecular weight excluding hydrogens is 302 g/mol. The largest absolute Gasteiger partial charge is 0.439 e. The van der Waals surface area contributed by atoms with Crippen LogP contribution in [-0.4, -0.2) is 9.78 Å². The van der Waals surface area contributed by atoms with Crippen molar-refractivity contribution < 1.29 is 31.1 Å². The Labute approximate surface area is 114 Å². The van der Waals surface area contributed by atoms with Gasteiger partial charge in [0.1, 0.15) is 11.9 Å². The zero-order valence-corrected chi connectivity index (χ0v) is 10.4. The van der Waals surface area contributed by atoms with Crippen LogP contribution in [0.15, 0.2) is 24.3 Å². The van der Waals surface area contributed by atoms with E-state index in [1.165, 1.54) is 7.05 Å². The van der Waals surface area contributed by atoms with Gasteiger partial charge in [0, 0.05) is 13.1 Å². The molecule has 2 aromatic rings. The van der Waals surface area contributed by atoms with E-state index in [-0.39, 0.29) is 11.9 Å². The molecule has 0 bridgehead atoms. The predicted octanol–water partition coefficient (Wildman–Crippen LogP) is 4.05. The van der Waals surface area contributed by atoms with Gasteiger partial charge in [0.2, 0.25) is 5.88 Å². The number of alkyl halides is 6. The van der Waals surface area contributed by atoms with Gasteiger partial charge in [-0.2, -0.15) is 31.4 Å². The molecule has 1 aromatic heterocycles. The zero-order valence-electron chi connectivity index (χ0n) is 10.4.